The van der Waals surface area contributed by atoms with E-state index in [4.69, 9.17) is 0 Å². The van der Waals surface area contributed by atoms with Gasteiger partial charge in [0.05, 0.1) is 0 Å². The highest BCUT2D eigenvalue weighted by Crippen LogP contribution is 2.08. The van der Waals surface area contributed by atoms with E-state index in [-0.39, 0.29) is 5.91 Å². The van der Waals surface area contributed by atoms with E-state index in [9.17, 15) is 4.79 Å². The number of hydrogen-bond acceptors (Lipinski definition) is 1. The van der Waals surface area contributed by atoms with Crippen LogP contribution in [0.15, 0.2) is 0 Å². The molecule has 1 amide bonds. The van der Waals surface area contributed by atoms with Gasteiger partial charge < -0.3 is 5.32 Å². The highest BCUT2D eigenvalue weighted by molar-refractivity contribution is 5.76. The van der Waals surface area contributed by atoms with Crippen molar-refractivity contribution < 1.29 is 4.79 Å². The van der Waals surface area contributed by atoms with Crippen molar-refractivity contribution in [1.82, 2.24) is 5.32 Å². The van der Waals surface area contributed by atoms with Crippen molar-refractivity contribution in [2.75, 3.05) is 6.54 Å². The molecule has 2 nitrogen and oxygen atoms in total. The van der Waals surface area contributed by atoms with Gasteiger partial charge in [0.1, 0.15) is 0 Å². The van der Waals surface area contributed by atoms with Crippen LogP contribution in [0.4, 0.5) is 0 Å². The Labute approximate surface area is 88.5 Å². The fourth-order valence-corrected chi connectivity index (χ4v) is 1.37. The molecule has 0 spiro atoms. The largest absolute Gasteiger partial charge is 0.356 e. The van der Waals surface area contributed by atoms with Crippen molar-refractivity contribution in [2.45, 2.75) is 53.4 Å². The predicted octanol–water partition coefficient (Wildman–Crippen LogP) is 2.98. The minimum atomic E-state index is 0.214. The molecule has 0 aliphatic heterocycles. The van der Waals surface area contributed by atoms with Gasteiger partial charge in [-0.05, 0) is 11.8 Å². The molecule has 0 aliphatic rings. The van der Waals surface area contributed by atoms with Crippen molar-refractivity contribution in [2.24, 2.45) is 11.8 Å². The number of nitrogens with one attached hydrogen (secondary N) is 1. The van der Waals surface area contributed by atoms with Crippen LogP contribution in [-0.4, -0.2) is 12.5 Å². The second-order valence-electron chi connectivity index (χ2n) is 4.20. The van der Waals surface area contributed by atoms with Gasteiger partial charge in [-0.15, -0.1) is 0 Å². The van der Waals surface area contributed by atoms with Gasteiger partial charge in [0.25, 0.3) is 0 Å². The molecule has 2 heteroatoms. The predicted molar refractivity (Wildman–Crippen MR) is 61.2 cm³/mol. The maximum Gasteiger partial charge on any atom is 0.220 e. The summed E-state index contributed by atoms with van der Waals surface area (Å²) in [5, 5.41) is 3.01. The lowest BCUT2D eigenvalue weighted by Gasteiger charge is -2.14. The molecule has 0 radical (unpaired) electrons. The highest BCUT2D eigenvalue weighted by atomic mass is 16.1. The molecule has 14 heavy (non-hydrogen) atoms. The van der Waals surface area contributed by atoms with Crippen LogP contribution >= 0.6 is 0 Å². The first-order valence-corrected chi connectivity index (χ1v) is 5.90. The molecule has 0 saturated heterocycles. The summed E-state index contributed by atoms with van der Waals surface area (Å²) in [5.74, 6) is 1.37. The monoisotopic (exact) mass is 199 g/mol. The number of carbonyl (C=O) groups is 1. The molecule has 0 heterocycles. The lowest BCUT2D eigenvalue weighted by Crippen LogP contribution is -2.29. The van der Waals surface area contributed by atoms with Crippen LogP contribution in [0.3, 0.4) is 0 Å². The van der Waals surface area contributed by atoms with Gasteiger partial charge in [0.2, 0.25) is 5.91 Å². The number of carbonyl (C=O) groups excluding carboxylic acids is 1. The molecule has 1 N–H and O–H groups in total. The summed E-state index contributed by atoms with van der Waals surface area (Å²) >= 11 is 0. The summed E-state index contributed by atoms with van der Waals surface area (Å²) in [4.78, 5) is 11.4. The summed E-state index contributed by atoms with van der Waals surface area (Å²) < 4.78 is 0. The average Bonchev–Trinajstić information content (AvgIpc) is 2.19. The zero-order chi connectivity index (χ0) is 11.0. The van der Waals surface area contributed by atoms with Gasteiger partial charge in [0, 0.05) is 13.0 Å². The zero-order valence-electron chi connectivity index (χ0n) is 10.1. The first kappa shape index (κ1) is 13.5. The van der Waals surface area contributed by atoms with Crippen molar-refractivity contribution in [3.63, 3.8) is 0 Å². The fraction of sp³-hybridized carbons (Fsp3) is 0.917. The molecule has 0 aliphatic carbocycles. The SMILES string of the molecule is CCC(C)CC(=O)NCC(CC)CC. The maximum atomic E-state index is 11.4. The second-order valence-corrected chi connectivity index (χ2v) is 4.20. The van der Waals surface area contributed by atoms with Crippen LogP contribution in [0.25, 0.3) is 0 Å². The van der Waals surface area contributed by atoms with E-state index >= 15 is 0 Å². The lowest BCUT2D eigenvalue weighted by atomic mass is 10.0. The molecular weight excluding hydrogens is 174 g/mol. The van der Waals surface area contributed by atoms with E-state index in [0.29, 0.717) is 18.3 Å². The van der Waals surface area contributed by atoms with Crippen LogP contribution in [-0.2, 0) is 4.79 Å². The summed E-state index contributed by atoms with van der Waals surface area (Å²) in [7, 11) is 0. The molecule has 0 saturated carbocycles. The molecule has 0 aromatic rings. The second kappa shape index (κ2) is 7.84. The fourth-order valence-electron chi connectivity index (χ4n) is 1.37. The average molecular weight is 199 g/mol. The smallest absolute Gasteiger partial charge is 0.220 e. The van der Waals surface area contributed by atoms with Gasteiger partial charge in [0.15, 0.2) is 0 Å². The van der Waals surface area contributed by atoms with Crippen LogP contribution in [0.5, 0.6) is 0 Å². The minimum absolute atomic E-state index is 0.214. The summed E-state index contributed by atoms with van der Waals surface area (Å²) in [6.45, 7) is 9.45. The van der Waals surface area contributed by atoms with E-state index in [1.807, 2.05) is 0 Å². The quantitative estimate of drug-likeness (QED) is 0.671. The highest BCUT2D eigenvalue weighted by Gasteiger charge is 2.09. The molecule has 1 atom stereocenters. The number of amides is 1. The Morgan fingerprint density at radius 2 is 1.71 bits per heavy atom. The van der Waals surface area contributed by atoms with Gasteiger partial charge in [-0.25, -0.2) is 0 Å². The van der Waals surface area contributed by atoms with Crippen molar-refractivity contribution in [1.29, 1.82) is 0 Å². The minimum Gasteiger partial charge on any atom is -0.356 e. The van der Waals surface area contributed by atoms with E-state index < -0.39 is 0 Å². The first-order chi connectivity index (χ1) is 6.63. The zero-order valence-corrected chi connectivity index (χ0v) is 10.1. The van der Waals surface area contributed by atoms with Gasteiger partial charge in [-0.2, -0.15) is 0 Å². The molecular formula is C12H25NO. The normalized spacial score (nSPS) is 12.9. The Hall–Kier alpha value is -0.530. The Balaban J connectivity index is 3.62. The molecule has 0 bridgehead atoms. The first-order valence-electron chi connectivity index (χ1n) is 5.90. The van der Waals surface area contributed by atoms with Gasteiger partial charge in [-0.3, -0.25) is 4.79 Å². The molecule has 0 rings (SSSR count). The van der Waals surface area contributed by atoms with Crippen LogP contribution in [0, 0.1) is 11.8 Å². The third-order valence-electron chi connectivity index (χ3n) is 2.97. The lowest BCUT2D eigenvalue weighted by molar-refractivity contribution is -0.122. The number of rotatable bonds is 7. The summed E-state index contributed by atoms with van der Waals surface area (Å²) in [5.41, 5.74) is 0. The summed E-state index contributed by atoms with van der Waals surface area (Å²) in [6, 6.07) is 0. The molecule has 84 valence electrons. The third kappa shape index (κ3) is 6.01. The summed E-state index contributed by atoms with van der Waals surface area (Å²) in [6.07, 6.45) is 4.06. The van der Waals surface area contributed by atoms with E-state index in [2.05, 4.69) is 33.0 Å². The topological polar surface area (TPSA) is 29.1 Å². The Bertz CT molecular complexity index is 152. The Morgan fingerprint density at radius 3 is 2.14 bits per heavy atom. The van der Waals surface area contributed by atoms with Crippen LogP contribution in [0.1, 0.15) is 53.4 Å². The molecule has 0 aromatic carbocycles. The molecule has 0 aromatic heterocycles. The van der Waals surface area contributed by atoms with Crippen LogP contribution in [0.2, 0.25) is 0 Å². The molecule has 0 fully saturated rings. The third-order valence-corrected chi connectivity index (χ3v) is 2.97. The maximum absolute atomic E-state index is 11.4. The van der Waals surface area contributed by atoms with E-state index in [1.165, 1.54) is 0 Å². The van der Waals surface area contributed by atoms with E-state index in [0.717, 1.165) is 25.8 Å². The molecule has 1 unspecified atom stereocenters. The van der Waals surface area contributed by atoms with Crippen molar-refractivity contribution in [3.05, 3.63) is 0 Å². The van der Waals surface area contributed by atoms with Crippen molar-refractivity contribution in [3.8, 4) is 0 Å². The van der Waals surface area contributed by atoms with E-state index in [1.54, 1.807) is 0 Å². The Morgan fingerprint density at radius 1 is 1.14 bits per heavy atom. The number of hydrogen-bond donors (Lipinski definition) is 1. The van der Waals surface area contributed by atoms with Crippen LogP contribution < -0.4 is 5.32 Å². The van der Waals surface area contributed by atoms with Gasteiger partial charge in [-0.1, -0.05) is 47.0 Å². The Kier molecular flexibility index (Phi) is 7.54. The van der Waals surface area contributed by atoms with Gasteiger partial charge >= 0.3 is 0 Å². The van der Waals surface area contributed by atoms with Crippen molar-refractivity contribution >= 4 is 5.91 Å². The standard InChI is InChI=1S/C12H25NO/c1-5-10(4)8-12(14)13-9-11(6-2)7-3/h10-11H,5-9H2,1-4H3,(H,13,14).